The molecule has 2 saturated carbocycles. The van der Waals surface area contributed by atoms with E-state index in [1.807, 2.05) is 13.0 Å². The summed E-state index contributed by atoms with van der Waals surface area (Å²) in [6.07, 6.45) is 16.7. The molecule has 0 spiro atoms. The van der Waals surface area contributed by atoms with Crippen LogP contribution in [0.3, 0.4) is 0 Å². The van der Waals surface area contributed by atoms with Crippen LogP contribution in [0, 0.1) is 17.8 Å². The van der Waals surface area contributed by atoms with E-state index in [0.717, 1.165) is 94.1 Å². The van der Waals surface area contributed by atoms with E-state index in [1.54, 1.807) is 6.08 Å². The lowest BCUT2D eigenvalue weighted by atomic mass is 9.80. The molecule has 0 saturated heterocycles. The van der Waals surface area contributed by atoms with Crippen molar-refractivity contribution in [2.75, 3.05) is 26.4 Å². The summed E-state index contributed by atoms with van der Waals surface area (Å²) >= 11 is 0. The van der Waals surface area contributed by atoms with Crippen LogP contribution in [-0.4, -0.2) is 38.4 Å². The summed E-state index contributed by atoms with van der Waals surface area (Å²) in [6.45, 7) is 15.0. The molecule has 2 fully saturated rings. The molecule has 0 amide bonds. The van der Waals surface area contributed by atoms with E-state index in [-0.39, 0.29) is 37.0 Å². The lowest BCUT2D eigenvalue weighted by Crippen LogP contribution is -2.23. The first-order valence-electron chi connectivity index (χ1n) is 14.1. The van der Waals surface area contributed by atoms with Gasteiger partial charge in [0.1, 0.15) is 26.4 Å². The first-order chi connectivity index (χ1) is 17.9. The maximum absolute atomic E-state index is 12.1. The van der Waals surface area contributed by atoms with Gasteiger partial charge in [0.15, 0.2) is 0 Å². The number of hydrogen-bond donors (Lipinski definition) is 0. The molecule has 208 valence electrons. The number of carbonyl (C=O) groups excluding carboxylic acids is 2. The van der Waals surface area contributed by atoms with Crippen LogP contribution in [0.2, 0.25) is 0 Å². The Morgan fingerprint density at radius 3 is 1.84 bits per heavy atom. The topological polar surface area (TPSA) is 71.1 Å². The molecule has 0 aromatic heterocycles. The van der Waals surface area contributed by atoms with E-state index in [2.05, 4.69) is 19.7 Å². The summed E-state index contributed by atoms with van der Waals surface area (Å²) in [7, 11) is 0. The summed E-state index contributed by atoms with van der Waals surface area (Å²) < 4.78 is 22.2. The molecule has 0 N–H and O–H groups in total. The van der Waals surface area contributed by atoms with Gasteiger partial charge in [-0.15, -0.1) is 6.58 Å². The van der Waals surface area contributed by atoms with Gasteiger partial charge in [-0.2, -0.15) is 0 Å². The number of hydrogen-bond acceptors (Lipinski definition) is 6. The zero-order chi connectivity index (χ0) is 26.9. The van der Waals surface area contributed by atoms with Gasteiger partial charge in [0, 0.05) is 17.9 Å². The predicted octanol–water partition coefficient (Wildman–Crippen LogP) is 7.21. The van der Waals surface area contributed by atoms with Crippen LogP contribution in [0.15, 0.2) is 49.0 Å². The van der Waals surface area contributed by atoms with Crippen LogP contribution in [-0.2, 0) is 28.5 Å². The van der Waals surface area contributed by atoms with Gasteiger partial charge in [0.25, 0.3) is 0 Å². The third kappa shape index (κ3) is 12.5. The zero-order valence-corrected chi connectivity index (χ0v) is 23.0. The predicted molar refractivity (Wildman–Crippen MR) is 147 cm³/mol. The highest BCUT2D eigenvalue weighted by Gasteiger charge is 2.27. The lowest BCUT2D eigenvalue weighted by molar-refractivity contribution is -0.151. The molecular weight excluding hydrogens is 468 g/mol. The van der Waals surface area contributed by atoms with Crippen LogP contribution < -0.4 is 0 Å². The van der Waals surface area contributed by atoms with Crippen LogP contribution in [0.4, 0.5) is 0 Å². The molecule has 6 heteroatoms. The highest BCUT2D eigenvalue weighted by atomic mass is 16.6. The average molecular weight is 517 g/mol. The van der Waals surface area contributed by atoms with Crippen molar-refractivity contribution in [2.45, 2.75) is 90.4 Å². The molecule has 2 rings (SSSR count). The van der Waals surface area contributed by atoms with Gasteiger partial charge in [-0.3, -0.25) is 4.79 Å². The second-order valence-electron chi connectivity index (χ2n) is 10.4. The molecule has 2 aliphatic rings. The molecule has 0 heterocycles. The van der Waals surface area contributed by atoms with E-state index >= 15 is 0 Å². The van der Waals surface area contributed by atoms with Crippen molar-refractivity contribution < 1.29 is 28.5 Å². The van der Waals surface area contributed by atoms with Crippen molar-refractivity contribution in [3.8, 4) is 0 Å². The minimum atomic E-state index is -0.321. The van der Waals surface area contributed by atoms with E-state index in [1.165, 1.54) is 6.42 Å². The average Bonchev–Trinajstić information content (AvgIpc) is 2.91. The Morgan fingerprint density at radius 1 is 0.730 bits per heavy atom. The summed E-state index contributed by atoms with van der Waals surface area (Å²) in [5.74, 6) is 1.78. The molecule has 2 aliphatic carbocycles. The lowest BCUT2D eigenvalue weighted by Gasteiger charge is -2.30. The van der Waals surface area contributed by atoms with Gasteiger partial charge in [-0.1, -0.05) is 44.1 Å². The monoisotopic (exact) mass is 516 g/mol. The van der Waals surface area contributed by atoms with Crippen molar-refractivity contribution >= 4 is 11.9 Å². The Hall–Kier alpha value is -2.50. The van der Waals surface area contributed by atoms with Crippen LogP contribution in [0.5, 0.6) is 0 Å². The Labute approximate surface area is 224 Å². The zero-order valence-electron chi connectivity index (χ0n) is 23.0. The fourth-order valence-electron chi connectivity index (χ4n) is 5.07. The molecule has 0 aromatic carbocycles. The van der Waals surface area contributed by atoms with Gasteiger partial charge in [0.2, 0.25) is 0 Å². The number of rotatable bonds is 17. The van der Waals surface area contributed by atoms with Gasteiger partial charge in [-0.05, 0) is 71.1 Å². The first-order valence-corrected chi connectivity index (χ1v) is 14.1. The number of carbonyl (C=O) groups is 2. The maximum atomic E-state index is 12.1. The van der Waals surface area contributed by atoms with Crippen molar-refractivity contribution in [1.82, 2.24) is 0 Å². The Bertz CT molecular complexity index is 769. The standard InChI is InChI=1S/C31H48O6/c1-5-6-7-9-12-24(2)23-30(32)36-21-19-34-25(3)27-15-17-28(18-16-27)26(4)35-20-22-37-31(33)29-13-10-8-11-14-29/h5,23,27-29H,1,3-4,6-22H2,2H3/b24-23+. The number of unbranched alkanes of at least 4 members (excludes halogenated alkanes) is 2. The Balaban J connectivity index is 1.52. The quantitative estimate of drug-likeness (QED) is 0.0668. The number of esters is 2. The highest BCUT2D eigenvalue weighted by molar-refractivity contribution is 5.82. The highest BCUT2D eigenvalue weighted by Crippen LogP contribution is 2.36. The molecule has 0 aromatic rings. The smallest absolute Gasteiger partial charge is 0.330 e. The van der Waals surface area contributed by atoms with Crippen LogP contribution >= 0.6 is 0 Å². The minimum absolute atomic E-state index is 0.0677. The van der Waals surface area contributed by atoms with E-state index < -0.39 is 0 Å². The van der Waals surface area contributed by atoms with E-state index in [4.69, 9.17) is 18.9 Å². The molecule has 0 atom stereocenters. The minimum Gasteiger partial charge on any atom is -0.495 e. The third-order valence-corrected chi connectivity index (χ3v) is 7.40. The number of ether oxygens (including phenoxy) is 4. The number of allylic oxidation sites excluding steroid dienone is 4. The molecule has 0 aliphatic heterocycles. The second-order valence-corrected chi connectivity index (χ2v) is 10.4. The molecule has 0 bridgehead atoms. The van der Waals surface area contributed by atoms with Crippen LogP contribution in [0.25, 0.3) is 0 Å². The molecule has 37 heavy (non-hydrogen) atoms. The summed E-state index contributed by atoms with van der Waals surface area (Å²) in [5.41, 5.74) is 1.03. The van der Waals surface area contributed by atoms with Crippen molar-refractivity contribution in [1.29, 1.82) is 0 Å². The third-order valence-electron chi connectivity index (χ3n) is 7.40. The van der Waals surface area contributed by atoms with Gasteiger partial charge >= 0.3 is 11.9 Å². The maximum Gasteiger partial charge on any atom is 0.330 e. The normalized spacial score (nSPS) is 20.5. The first kappa shape index (κ1) is 30.7. The van der Waals surface area contributed by atoms with E-state index in [9.17, 15) is 9.59 Å². The van der Waals surface area contributed by atoms with Gasteiger partial charge in [-0.25, -0.2) is 4.79 Å². The van der Waals surface area contributed by atoms with Crippen molar-refractivity contribution in [3.05, 3.63) is 49.0 Å². The summed E-state index contributed by atoms with van der Waals surface area (Å²) in [4.78, 5) is 24.1. The van der Waals surface area contributed by atoms with E-state index in [0.29, 0.717) is 19.1 Å². The fourth-order valence-corrected chi connectivity index (χ4v) is 5.07. The second kappa shape index (κ2) is 17.9. The van der Waals surface area contributed by atoms with Crippen LogP contribution in [0.1, 0.15) is 90.4 Å². The molecule has 6 nitrogen and oxygen atoms in total. The largest absolute Gasteiger partial charge is 0.495 e. The van der Waals surface area contributed by atoms with Gasteiger partial charge < -0.3 is 18.9 Å². The Morgan fingerprint density at radius 2 is 1.27 bits per heavy atom. The summed E-state index contributed by atoms with van der Waals surface area (Å²) in [6, 6.07) is 0. The molecule has 0 radical (unpaired) electrons. The SMILES string of the molecule is C=CCCCC/C(C)=C/C(=O)OCCOC(=C)C1CCC(C(=C)OCCOC(=O)C2CCCCC2)CC1. The Kier molecular flexibility index (Phi) is 14.8. The van der Waals surface area contributed by atoms with Crippen molar-refractivity contribution in [3.63, 3.8) is 0 Å². The fraction of sp³-hybridized carbons (Fsp3) is 0.677. The molecular formula is C31H48O6. The summed E-state index contributed by atoms with van der Waals surface area (Å²) in [5, 5.41) is 0. The van der Waals surface area contributed by atoms with Gasteiger partial charge in [0.05, 0.1) is 17.4 Å². The molecule has 0 unspecified atom stereocenters. The van der Waals surface area contributed by atoms with Crippen molar-refractivity contribution in [2.24, 2.45) is 17.8 Å².